The van der Waals surface area contributed by atoms with Gasteiger partial charge < -0.3 is 20.5 Å². The van der Waals surface area contributed by atoms with Crippen molar-refractivity contribution in [1.82, 2.24) is 9.97 Å². The zero-order valence-electron chi connectivity index (χ0n) is 10.2. The average molecular weight is 317 g/mol. The Kier molecular flexibility index (Phi) is 4.36. The van der Waals surface area contributed by atoms with E-state index in [0.29, 0.717) is 44.4 Å². The molecule has 0 aliphatic carbocycles. The molecule has 0 bridgehead atoms. The van der Waals surface area contributed by atoms with E-state index in [1.165, 1.54) is 0 Å². The lowest BCUT2D eigenvalue weighted by atomic mass is 9.94. The lowest BCUT2D eigenvalue weighted by Crippen LogP contribution is -2.42. The fourth-order valence-electron chi connectivity index (χ4n) is 1.79. The first kappa shape index (κ1) is 13.5. The smallest absolute Gasteiger partial charge is 0.224 e. The third-order valence-corrected chi connectivity index (χ3v) is 3.56. The van der Waals surface area contributed by atoms with Crippen molar-refractivity contribution in [2.24, 2.45) is 0 Å². The van der Waals surface area contributed by atoms with Gasteiger partial charge in [0.1, 0.15) is 5.82 Å². The Morgan fingerprint density at radius 2 is 2.22 bits per heavy atom. The normalized spacial score (nSPS) is 18.4. The van der Waals surface area contributed by atoms with Crippen LogP contribution in [0.3, 0.4) is 0 Å². The maximum absolute atomic E-state index is 10.3. The number of rotatable bonds is 4. The van der Waals surface area contributed by atoms with E-state index in [2.05, 4.69) is 36.5 Å². The minimum absolute atomic E-state index is 0.453. The number of halogens is 1. The van der Waals surface area contributed by atoms with Crippen molar-refractivity contribution in [1.29, 1.82) is 0 Å². The molecule has 0 atom stereocenters. The van der Waals surface area contributed by atoms with Gasteiger partial charge in [0.05, 0.1) is 10.1 Å². The monoisotopic (exact) mass is 316 g/mol. The van der Waals surface area contributed by atoms with E-state index in [-0.39, 0.29) is 0 Å². The van der Waals surface area contributed by atoms with Crippen molar-refractivity contribution < 1.29 is 9.84 Å². The van der Waals surface area contributed by atoms with Gasteiger partial charge in [0, 0.05) is 45.8 Å². The van der Waals surface area contributed by atoms with Gasteiger partial charge in [-0.05, 0) is 15.9 Å². The molecular formula is C11H17BrN4O2. The summed E-state index contributed by atoms with van der Waals surface area (Å²) in [6.07, 6.45) is 2.96. The van der Waals surface area contributed by atoms with E-state index in [1.807, 2.05) is 0 Å². The number of aromatic nitrogens is 2. The lowest BCUT2D eigenvalue weighted by Gasteiger charge is -2.32. The van der Waals surface area contributed by atoms with Crippen molar-refractivity contribution in [2.45, 2.75) is 18.4 Å². The summed E-state index contributed by atoms with van der Waals surface area (Å²) >= 11 is 3.38. The second kappa shape index (κ2) is 5.81. The molecule has 1 aliphatic heterocycles. The van der Waals surface area contributed by atoms with Gasteiger partial charge in [-0.1, -0.05) is 0 Å². The van der Waals surface area contributed by atoms with Crippen LogP contribution < -0.4 is 10.6 Å². The zero-order chi connectivity index (χ0) is 13.0. The van der Waals surface area contributed by atoms with Gasteiger partial charge in [-0.15, -0.1) is 0 Å². The maximum Gasteiger partial charge on any atom is 0.224 e. The number of aliphatic hydroxyl groups is 1. The van der Waals surface area contributed by atoms with Crippen LogP contribution in [0.4, 0.5) is 11.8 Å². The van der Waals surface area contributed by atoms with Crippen LogP contribution in [0.15, 0.2) is 10.7 Å². The molecule has 3 N–H and O–H groups in total. The molecule has 1 aliphatic rings. The molecule has 6 nitrogen and oxygen atoms in total. The molecule has 2 rings (SSSR count). The Morgan fingerprint density at radius 1 is 1.50 bits per heavy atom. The number of nitrogens with one attached hydrogen (secondary N) is 2. The molecule has 0 saturated carbocycles. The van der Waals surface area contributed by atoms with Crippen LogP contribution in [0.25, 0.3) is 0 Å². The Morgan fingerprint density at radius 3 is 2.89 bits per heavy atom. The van der Waals surface area contributed by atoms with Crippen molar-refractivity contribution >= 4 is 27.7 Å². The fraction of sp³-hybridized carbons (Fsp3) is 0.636. The number of nitrogens with zero attached hydrogens (tertiary/aromatic N) is 2. The number of hydrogen-bond donors (Lipinski definition) is 3. The molecule has 0 radical (unpaired) electrons. The number of ether oxygens (including phenoxy) is 1. The fourth-order valence-corrected chi connectivity index (χ4v) is 2.12. The van der Waals surface area contributed by atoms with Crippen LogP contribution in [0.5, 0.6) is 0 Å². The minimum Gasteiger partial charge on any atom is -0.388 e. The Labute approximate surface area is 114 Å². The van der Waals surface area contributed by atoms with E-state index in [9.17, 15) is 5.11 Å². The zero-order valence-corrected chi connectivity index (χ0v) is 11.8. The third kappa shape index (κ3) is 3.30. The second-order valence-electron chi connectivity index (χ2n) is 4.33. The van der Waals surface area contributed by atoms with Crippen molar-refractivity contribution in [3.05, 3.63) is 10.7 Å². The van der Waals surface area contributed by atoms with E-state index >= 15 is 0 Å². The Hall–Kier alpha value is -0.920. The van der Waals surface area contributed by atoms with Crippen molar-refractivity contribution in [3.8, 4) is 0 Å². The van der Waals surface area contributed by atoms with Gasteiger partial charge >= 0.3 is 0 Å². The Balaban J connectivity index is 2.00. The summed E-state index contributed by atoms with van der Waals surface area (Å²) < 4.78 is 6.02. The van der Waals surface area contributed by atoms with Gasteiger partial charge in [0.2, 0.25) is 5.95 Å². The molecule has 18 heavy (non-hydrogen) atoms. The van der Waals surface area contributed by atoms with Gasteiger partial charge in [-0.25, -0.2) is 4.98 Å². The molecule has 0 amide bonds. The molecule has 0 spiro atoms. The average Bonchev–Trinajstić information content (AvgIpc) is 2.39. The maximum atomic E-state index is 10.3. The summed E-state index contributed by atoms with van der Waals surface area (Å²) in [6.45, 7) is 1.66. The van der Waals surface area contributed by atoms with E-state index in [1.54, 1.807) is 13.2 Å². The molecule has 0 unspecified atom stereocenters. The van der Waals surface area contributed by atoms with Crippen LogP contribution in [-0.4, -0.2) is 47.5 Å². The molecule has 100 valence electrons. The molecule has 1 aromatic heterocycles. The largest absolute Gasteiger partial charge is 0.388 e. The van der Waals surface area contributed by atoms with E-state index < -0.39 is 5.60 Å². The molecule has 1 saturated heterocycles. The molecule has 2 heterocycles. The summed E-state index contributed by atoms with van der Waals surface area (Å²) in [7, 11) is 1.76. The van der Waals surface area contributed by atoms with E-state index in [0.717, 1.165) is 4.47 Å². The van der Waals surface area contributed by atoms with Gasteiger partial charge in [-0.3, -0.25) is 0 Å². The topological polar surface area (TPSA) is 79.3 Å². The van der Waals surface area contributed by atoms with Crippen LogP contribution in [0.2, 0.25) is 0 Å². The van der Waals surface area contributed by atoms with Crippen LogP contribution in [0.1, 0.15) is 12.8 Å². The number of anilines is 2. The molecule has 1 aromatic rings. The van der Waals surface area contributed by atoms with Gasteiger partial charge in [0.15, 0.2) is 0 Å². The van der Waals surface area contributed by atoms with E-state index in [4.69, 9.17) is 4.74 Å². The SMILES string of the molecule is CNc1ncc(Br)c(NCC2(O)CCOCC2)n1. The predicted molar refractivity (Wildman–Crippen MR) is 72.8 cm³/mol. The summed E-state index contributed by atoms with van der Waals surface area (Å²) in [6, 6.07) is 0. The summed E-state index contributed by atoms with van der Waals surface area (Å²) in [4.78, 5) is 8.36. The highest BCUT2D eigenvalue weighted by atomic mass is 79.9. The number of hydrogen-bond acceptors (Lipinski definition) is 6. The van der Waals surface area contributed by atoms with Crippen LogP contribution in [-0.2, 0) is 4.74 Å². The highest BCUT2D eigenvalue weighted by molar-refractivity contribution is 9.10. The standard InChI is InChI=1S/C11H17BrN4O2/c1-13-10-14-6-8(12)9(16-10)15-7-11(17)2-4-18-5-3-11/h6,17H,2-5,7H2,1H3,(H2,13,14,15,16). The first-order valence-electron chi connectivity index (χ1n) is 5.87. The highest BCUT2D eigenvalue weighted by Gasteiger charge is 2.29. The molecule has 1 fully saturated rings. The van der Waals surface area contributed by atoms with Crippen LogP contribution >= 0.6 is 15.9 Å². The predicted octanol–water partition coefficient (Wildman–Crippen LogP) is 1.23. The molecule has 7 heteroatoms. The summed E-state index contributed by atoms with van der Waals surface area (Å²) in [5.74, 6) is 1.22. The van der Waals surface area contributed by atoms with Crippen molar-refractivity contribution in [3.63, 3.8) is 0 Å². The summed E-state index contributed by atoms with van der Waals surface area (Å²) in [5, 5.41) is 16.4. The second-order valence-corrected chi connectivity index (χ2v) is 5.18. The minimum atomic E-state index is -0.720. The lowest BCUT2D eigenvalue weighted by molar-refractivity contribution is -0.0543. The third-order valence-electron chi connectivity index (χ3n) is 2.98. The quantitative estimate of drug-likeness (QED) is 0.775. The van der Waals surface area contributed by atoms with Crippen LogP contribution in [0, 0.1) is 0 Å². The first-order chi connectivity index (χ1) is 8.63. The molecule has 0 aromatic carbocycles. The van der Waals surface area contributed by atoms with Gasteiger partial charge in [-0.2, -0.15) is 4.98 Å². The van der Waals surface area contributed by atoms with Gasteiger partial charge in [0.25, 0.3) is 0 Å². The summed E-state index contributed by atoms with van der Waals surface area (Å²) in [5.41, 5.74) is -0.720. The first-order valence-corrected chi connectivity index (χ1v) is 6.66. The Bertz CT molecular complexity index is 410. The molecular weight excluding hydrogens is 300 g/mol. The highest BCUT2D eigenvalue weighted by Crippen LogP contribution is 2.24. The van der Waals surface area contributed by atoms with Crippen molar-refractivity contribution in [2.75, 3.05) is 37.4 Å².